The van der Waals surface area contributed by atoms with Crippen LogP contribution < -0.4 is 5.73 Å². The van der Waals surface area contributed by atoms with E-state index >= 15 is 0 Å². The molecule has 0 aliphatic carbocycles. The smallest absolute Gasteiger partial charge is 0.130 e. The molecule has 0 aliphatic rings. The van der Waals surface area contributed by atoms with Gasteiger partial charge in [-0.25, -0.2) is 0 Å². The zero-order chi connectivity index (χ0) is 11.3. The van der Waals surface area contributed by atoms with Crippen LogP contribution in [0.4, 0.5) is 0 Å². The predicted octanol–water partition coefficient (Wildman–Crippen LogP) is 1.12. The quantitative estimate of drug-likeness (QED) is 0.718. The van der Waals surface area contributed by atoms with E-state index in [-0.39, 0.29) is 0 Å². The van der Waals surface area contributed by atoms with E-state index in [4.69, 9.17) is 14.9 Å². The van der Waals surface area contributed by atoms with Gasteiger partial charge < -0.3 is 19.8 Å². The maximum atomic E-state index is 5.52. The van der Waals surface area contributed by atoms with E-state index in [9.17, 15) is 0 Å². The van der Waals surface area contributed by atoms with Gasteiger partial charge in [-0.15, -0.1) is 0 Å². The van der Waals surface area contributed by atoms with Crippen molar-refractivity contribution in [2.45, 2.75) is 20.1 Å². The highest BCUT2D eigenvalue weighted by Gasteiger charge is 2.05. The number of nitrogens with two attached hydrogens (primary N) is 1. The minimum Gasteiger partial charge on any atom is -0.462 e. The summed E-state index contributed by atoms with van der Waals surface area (Å²) in [5.74, 6) is 1.70. The molecular weight excluding hydrogens is 192 g/mol. The fourth-order valence-electron chi connectivity index (χ4n) is 1.28. The second kappa shape index (κ2) is 5.90. The van der Waals surface area contributed by atoms with E-state index in [1.807, 2.05) is 27.1 Å². The standard InChI is InChI=1S/C11H20N2O2/c1-9-6-10(15-11(9)7-12)8-14-5-4-13(2)3/h6H,4-5,7-8,12H2,1-3H3. The van der Waals surface area contributed by atoms with Gasteiger partial charge in [0.15, 0.2) is 0 Å². The molecule has 0 saturated carbocycles. The van der Waals surface area contributed by atoms with E-state index in [2.05, 4.69) is 4.90 Å². The Bertz CT molecular complexity index is 295. The highest BCUT2D eigenvalue weighted by Crippen LogP contribution is 2.14. The molecular formula is C11H20N2O2. The number of hydrogen-bond donors (Lipinski definition) is 1. The number of aryl methyl sites for hydroxylation is 1. The lowest BCUT2D eigenvalue weighted by Gasteiger charge is -2.08. The van der Waals surface area contributed by atoms with E-state index in [1.165, 1.54) is 0 Å². The molecule has 4 nitrogen and oxygen atoms in total. The molecule has 0 spiro atoms. The van der Waals surface area contributed by atoms with Gasteiger partial charge in [0.1, 0.15) is 18.1 Å². The highest BCUT2D eigenvalue weighted by molar-refractivity contribution is 5.19. The summed E-state index contributed by atoms with van der Waals surface area (Å²) in [6.45, 7) is 4.60. The summed E-state index contributed by atoms with van der Waals surface area (Å²) < 4.78 is 11.0. The molecule has 0 fully saturated rings. The van der Waals surface area contributed by atoms with Gasteiger partial charge in [0, 0.05) is 6.54 Å². The van der Waals surface area contributed by atoms with Crippen LogP contribution in [0.15, 0.2) is 10.5 Å². The lowest BCUT2D eigenvalue weighted by molar-refractivity contribution is 0.0919. The summed E-state index contributed by atoms with van der Waals surface area (Å²) in [6.07, 6.45) is 0. The third-order valence-corrected chi connectivity index (χ3v) is 2.18. The monoisotopic (exact) mass is 212 g/mol. The van der Waals surface area contributed by atoms with Crippen molar-refractivity contribution < 1.29 is 9.15 Å². The van der Waals surface area contributed by atoms with Crippen molar-refractivity contribution in [1.82, 2.24) is 4.90 Å². The molecule has 4 heteroatoms. The number of furan rings is 1. The van der Waals surface area contributed by atoms with Crippen molar-refractivity contribution in [1.29, 1.82) is 0 Å². The summed E-state index contributed by atoms with van der Waals surface area (Å²) >= 11 is 0. The fourth-order valence-corrected chi connectivity index (χ4v) is 1.28. The van der Waals surface area contributed by atoms with Crippen molar-refractivity contribution in [3.05, 3.63) is 23.2 Å². The minimum atomic E-state index is 0.448. The van der Waals surface area contributed by atoms with Crippen LogP contribution in [-0.2, 0) is 17.9 Å². The molecule has 15 heavy (non-hydrogen) atoms. The van der Waals surface area contributed by atoms with Gasteiger partial charge >= 0.3 is 0 Å². The van der Waals surface area contributed by atoms with E-state index in [0.717, 1.165) is 23.6 Å². The highest BCUT2D eigenvalue weighted by atomic mass is 16.5. The molecule has 0 atom stereocenters. The summed E-state index contributed by atoms with van der Waals surface area (Å²) in [5, 5.41) is 0. The van der Waals surface area contributed by atoms with Crippen molar-refractivity contribution in [3.63, 3.8) is 0 Å². The molecule has 0 amide bonds. The first-order valence-electron chi connectivity index (χ1n) is 5.14. The molecule has 0 aromatic carbocycles. The van der Waals surface area contributed by atoms with Gasteiger partial charge in [-0.05, 0) is 32.6 Å². The molecule has 1 aromatic rings. The molecule has 0 unspecified atom stereocenters. The average molecular weight is 212 g/mol. The minimum absolute atomic E-state index is 0.448. The van der Waals surface area contributed by atoms with Gasteiger partial charge in [-0.1, -0.05) is 0 Å². The van der Waals surface area contributed by atoms with Crippen LogP contribution in [0, 0.1) is 6.92 Å². The Balaban J connectivity index is 2.31. The molecule has 0 aliphatic heterocycles. The van der Waals surface area contributed by atoms with Crippen LogP contribution in [0.5, 0.6) is 0 Å². The van der Waals surface area contributed by atoms with Crippen LogP contribution in [0.3, 0.4) is 0 Å². The third-order valence-electron chi connectivity index (χ3n) is 2.18. The third kappa shape index (κ3) is 4.03. The predicted molar refractivity (Wildman–Crippen MR) is 59.5 cm³/mol. The topological polar surface area (TPSA) is 51.6 Å². The van der Waals surface area contributed by atoms with Gasteiger partial charge in [-0.2, -0.15) is 0 Å². The molecule has 2 N–H and O–H groups in total. The Hall–Kier alpha value is -0.840. The summed E-state index contributed by atoms with van der Waals surface area (Å²) in [6, 6.07) is 1.98. The molecule has 1 aromatic heterocycles. The Morgan fingerprint density at radius 1 is 1.47 bits per heavy atom. The number of likely N-dealkylation sites (N-methyl/N-ethyl adjacent to an activating group) is 1. The average Bonchev–Trinajstić information content (AvgIpc) is 2.53. The first-order valence-corrected chi connectivity index (χ1v) is 5.14. The van der Waals surface area contributed by atoms with E-state index in [0.29, 0.717) is 19.8 Å². The SMILES string of the molecule is Cc1cc(COCCN(C)C)oc1CN. The van der Waals surface area contributed by atoms with Crippen LogP contribution in [0.25, 0.3) is 0 Å². The molecule has 0 saturated heterocycles. The second-order valence-electron chi connectivity index (χ2n) is 3.88. The fraction of sp³-hybridized carbons (Fsp3) is 0.636. The van der Waals surface area contributed by atoms with Crippen LogP contribution in [0.1, 0.15) is 17.1 Å². The van der Waals surface area contributed by atoms with Crippen LogP contribution in [0.2, 0.25) is 0 Å². The maximum Gasteiger partial charge on any atom is 0.130 e. The Morgan fingerprint density at radius 3 is 2.73 bits per heavy atom. The normalized spacial score (nSPS) is 11.3. The first-order chi connectivity index (χ1) is 7.13. The van der Waals surface area contributed by atoms with Crippen molar-refractivity contribution >= 4 is 0 Å². The first kappa shape index (κ1) is 12.2. The van der Waals surface area contributed by atoms with Crippen LogP contribution in [-0.4, -0.2) is 32.1 Å². The number of nitrogens with zero attached hydrogens (tertiary/aromatic N) is 1. The maximum absolute atomic E-state index is 5.52. The molecule has 1 rings (SSSR count). The largest absolute Gasteiger partial charge is 0.462 e. The molecule has 0 bridgehead atoms. The summed E-state index contributed by atoms with van der Waals surface area (Å²) in [4.78, 5) is 2.08. The van der Waals surface area contributed by atoms with Gasteiger partial charge in [-0.3, -0.25) is 0 Å². The molecule has 0 radical (unpaired) electrons. The van der Waals surface area contributed by atoms with E-state index < -0.39 is 0 Å². The number of ether oxygens (including phenoxy) is 1. The summed E-state index contributed by atoms with van der Waals surface area (Å²) in [5.41, 5.74) is 6.62. The molecule has 1 heterocycles. The van der Waals surface area contributed by atoms with Gasteiger partial charge in [0.05, 0.1) is 13.2 Å². The van der Waals surface area contributed by atoms with Crippen molar-refractivity contribution in [2.24, 2.45) is 5.73 Å². The Labute approximate surface area is 91.0 Å². The molecule has 86 valence electrons. The van der Waals surface area contributed by atoms with Gasteiger partial charge in [0.2, 0.25) is 0 Å². The number of hydrogen-bond acceptors (Lipinski definition) is 4. The second-order valence-corrected chi connectivity index (χ2v) is 3.88. The van der Waals surface area contributed by atoms with Crippen molar-refractivity contribution in [2.75, 3.05) is 27.2 Å². The lowest BCUT2D eigenvalue weighted by atomic mass is 10.3. The number of rotatable bonds is 6. The van der Waals surface area contributed by atoms with Gasteiger partial charge in [0.25, 0.3) is 0 Å². The van der Waals surface area contributed by atoms with E-state index in [1.54, 1.807) is 0 Å². The van der Waals surface area contributed by atoms with Crippen LogP contribution >= 0.6 is 0 Å². The zero-order valence-corrected chi connectivity index (χ0v) is 9.75. The lowest BCUT2D eigenvalue weighted by Crippen LogP contribution is -2.17. The summed E-state index contributed by atoms with van der Waals surface area (Å²) in [7, 11) is 4.04. The van der Waals surface area contributed by atoms with Crippen molar-refractivity contribution in [3.8, 4) is 0 Å². The zero-order valence-electron chi connectivity index (χ0n) is 9.75. The Kier molecular flexibility index (Phi) is 4.81. The Morgan fingerprint density at radius 2 is 2.20 bits per heavy atom.